The number of nitrogens with one attached hydrogen (secondary N) is 1. The van der Waals surface area contributed by atoms with Crippen LogP contribution in [0.3, 0.4) is 0 Å². The number of nitrogens with zero attached hydrogens (tertiary/aromatic N) is 6. The monoisotopic (exact) mass is 496 g/mol. The maximum atomic E-state index is 13.7. The highest BCUT2D eigenvalue weighted by Crippen LogP contribution is 2.27. The molecule has 2 amide bonds. The fourth-order valence-corrected chi connectivity index (χ4v) is 4.51. The topological polar surface area (TPSA) is 141 Å². The van der Waals surface area contributed by atoms with E-state index >= 15 is 0 Å². The molecule has 3 N–H and O–H groups in total. The Morgan fingerprint density at radius 1 is 1.14 bits per heavy atom. The second kappa shape index (κ2) is 9.58. The Kier molecular flexibility index (Phi) is 6.15. The van der Waals surface area contributed by atoms with Gasteiger partial charge in [0.2, 0.25) is 0 Å². The fraction of sp³-hybridized carbons (Fsp3) is 0.231. The molecule has 1 aromatic carbocycles. The number of carbonyl (C=O) groups is 2. The van der Waals surface area contributed by atoms with Gasteiger partial charge < -0.3 is 16.0 Å². The summed E-state index contributed by atoms with van der Waals surface area (Å²) in [5.74, 6) is 5.17. The molecule has 0 spiro atoms. The van der Waals surface area contributed by atoms with Crippen molar-refractivity contribution in [3.63, 3.8) is 0 Å². The zero-order valence-corrected chi connectivity index (χ0v) is 20.3. The molecule has 11 nitrogen and oxygen atoms in total. The van der Waals surface area contributed by atoms with E-state index in [1.165, 1.54) is 10.9 Å². The van der Waals surface area contributed by atoms with Crippen molar-refractivity contribution in [2.45, 2.75) is 26.3 Å². The third-order valence-corrected chi connectivity index (χ3v) is 6.27. The number of hydrogen-bond acceptors (Lipinski definition) is 7. The van der Waals surface area contributed by atoms with E-state index in [1.54, 1.807) is 52.9 Å². The summed E-state index contributed by atoms with van der Waals surface area (Å²) in [6.07, 6.45) is 3.51. The summed E-state index contributed by atoms with van der Waals surface area (Å²) in [7, 11) is 0. The molecule has 0 aliphatic carbocycles. The van der Waals surface area contributed by atoms with Crippen LogP contribution in [0, 0.1) is 18.8 Å². The second-order valence-electron chi connectivity index (χ2n) is 8.71. The number of carbonyl (C=O) groups excluding carboxylic acids is 2. The number of aromatic nitrogens is 5. The van der Waals surface area contributed by atoms with Gasteiger partial charge in [0, 0.05) is 24.8 Å². The van der Waals surface area contributed by atoms with Gasteiger partial charge in [-0.15, -0.1) is 0 Å². The molecule has 0 bridgehead atoms. The van der Waals surface area contributed by atoms with Gasteiger partial charge in [0.15, 0.2) is 11.5 Å². The van der Waals surface area contributed by atoms with Crippen molar-refractivity contribution in [2.24, 2.45) is 0 Å². The highest BCUT2D eigenvalue weighted by molar-refractivity contribution is 6.04. The van der Waals surface area contributed by atoms with Crippen molar-refractivity contribution in [1.82, 2.24) is 29.0 Å². The highest BCUT2D eigenvalue weighted by atomic mass is 16.2. The van der Waals surface area contributed by atoms with Gasteiger partial charge in [-0.05, 0) is 68.2 Å². The Hall–Kier alpha value is -4.98. The first-order valence-electron chi connectivity index (χ1n) is 11.7. The number of likely N-dealkylation sites (tertiary alicyclic amines) is 1. The molecule has 0 radical (unpaired) electrons. The first-order valence-corrected chi connectivity index (χ1v) is 11.7. The van der Waals surface area contributed by atoms with Gasteiger partial charge in [-0.1, -0.05) is 5.92 Å². The molecular weight excluding hydrogens is 472 g/mol. The van der Waals surface area contributed by atoms with E-state index in [4.69, 9.17) is 5.73 Å². The van der Waals surface area contributed by atoms with Crippen molar-refractivity contribution < 1.29 is 9.59 Å². The first-order chi connectivity index (χ1) is 17.9. The lowest BCUT2D eigenvalue weighted by molar-refractivity contribution is -0.124. The number of benzene rings is 1. The SMILES string of the molecule is CC#CC(=O)N1CCC(n2c(=O)n(-c3ccc(C(=O)Nc4cc(C)ccn4)cc3)c3c(N)ncnc32)C1. The quantitative estimate of drug-likeness (QED) is 0.411. The van der Waals surface area contributed by atoms with Crippen molar-refractivity contribution in [2.75, 3.05) is 24.1 Å². The van der Waals surface area contributed by atoms with Crippen LogP contribution < -0.4 is 16.7 Å². The van der Waals surface area contributed by atoms with Gasteiger partial charge in [-0.3, -0.25) is 18.7 Å². The van der Waals surface area contributed by atoms with Crippen molar-refractivity contribution >= 4 is 34.6 Å². The number of imidazole rings is 1. The van der Waals surface area contributed by atoms with Gasteiger partial charge in [0.25, 0.3) is 11.8 Å². The van der Waals surface area contributed by atoms with Gasteiger partial charge >= 0.3 is 5.69 Å². The maximum Gasteiger partial charge on any atom is 0.335 e. The summed E-state index contributed by atoms with van der Waals surface area (Å²) >= 11 is 0. The lowest BCUT2D eigenvalue weighted by atomic mass is 10.2. The molecule has 1 aliphatic heterocycles. The molecular formula is C26H24N8O3. The number of rotatable bonds is 4. The Bertz CT molecular complexity index is 1640. The summed E-state index contributed by atoms with van der Waals surface area (Å²) in [5, 5.41) is 2.77. The molecule has 11 heteroatoms. The summed E-state index contributed by atoms with van der Waals surface area (Å²) < 4.78 is 2.99. The molecule has 0 saturated carbocycles. The van der Waals surface area contributed by atoms with Crippen LogP contribution in [0.4, 0.5) is 11.6 Å². The van der Waals surface area contributed by atoms with Crippen LogP contribution in [0.25, 0.3) is 16.9 Å². The van der Waals surface area contributed by atoms with Gasteiger partial charge in [0.1, 0.15) is 17.7 Å². The molecule has 186 valence electrons. The van der Waals surface area contributed by atoms with Crippen molar-refractivity contribution in [3.8, 4) is 17.5 Å². The Labute approximate surface area is 212 Å². The lowest BCUT2D eigenvalue weighted by Crippen LogP contribution is -2.31. The van der Waals surface area contributed by atoms with Crippen molar-refractivity contribution in [3.05, 3.63) is 70.5 Å². The molecule has 1 unspecified atom stereocenters. The number of amides is 2. The minimum atomic E-state index is -0.357. The number of aryl methyl sites for hydroxylation is 1. The van der Waals surface area contributed by atoms with E-state index in [0.29, 0.717) is 47.7 Å². The van der Waals surface area contributed by atoms with E-state index in [1.807, 2.05) is 13.0 Å². The predicted molar refractivity (Wildman–Crippen MR) is 138 cm³/mol. The van der Waals surface area contributed by atoms with Crippen LogP contribution in [0.1, 0.15) is 35.3 Å². The Morgan fingerprint density at radius 2 is 1.92 bits per heavy atom. The standard InChI is InChI=1S/C26H24N8O3/c1-3-4-21(35)32-12-10-19(14-32)34-24-22(23(27)29-15-30-24)33(26(34)37)18-7-5-17(6-8-18)25(36)31-20-13-16(2)9-11-28-20/h5-9,11,13,15,19H,10,12,14H2,1-2H3,(H2,27,29,30)(H,28,31,36). The predicted octanol–water partition coefficient (Wildman–Crippen LogP) is 1.92. The Balaban J connectivity index is 1.50. The van der Waals surface area contributed by atoms with Crippen LogP contribution >= 0.6 is 0 Å². The molecule has 3 aromatic heterocycles. The van der Waals surface area contributed by atoms with Gasteiger partial charge in [-0.2, -0.15) is 0 Å². The number of hydrogen-bond donors (Lipinski definition) is 2. The van der Waals surface area contributed by atoms with Crippen LogP contribution in [0.5, 0.6) is 0 Å². The third-order valence-electron chi connectivity index (χ3n) is 6.27. The highest BCUT2D eigenvalue weighted by Gasteiger charge is 2.31. The number of nitrogens with two attached hydrogens (primary N) is 1. The van der Waals surface area contributed by atoms with Crippen molar-refractivity contribution in [1.29, 1.82) is 0 Å². The molecule has 1 saturated heterocycles. The van der Waals surface area contributed by atoms with E-state index < -0.39 is 0 Å². The molecule has 37 heavy (non-hydrogen) atoms. The zero-order valence-electron chi connectivity index (χ0n) is 20.3. The van der Waals surface area contributed by atoms with E-state index in [-0.39, 0.29) is 29.4 Å². The van der Waals surface area contributed by atoms with Crippen LogP contribution in [0.2, 0.25) is 0 Å². The largest absolute Gasteiger partial charge is 0.382 e. The lowest BCUT2D eigenvalue weighted by Gasteiger charge is -2.14. The Morgan fingerprint density at radius 3 is 2.65 bits per heavy atom. The molecule has 5 rings (SSSR count). The van der Waals surface area contributed by atoms with E-state index in [2.05, 4.69) is 32.1 Å². The maximum absolute atomic E-state index is 13.7. The molecule has 4 heterocycles. The zero-order chi connectivity index (χ0) is 26.1. The summed E-state index contributed by atoms with van der Waals surface area (Å²) in [5.41, 5.74) is 8.46. The summed E-state index contributed by atoms with van der Waals surface area (Å²) in [4.78, 5) is 52.9. The molecule has 1 fully saturated rings. The average molecular weight is 497 g/mol. The molecule has 1 aliphatic rings. The van der Waals surface area contributed by atoms with Crippen LogP contribution in [-0.2, 0) is 4.79 Å². The summed E-state index contributed by atoms with van der Waals surface area (Å²) in [6.45, 7) is 4.34. The number of fused-ring (bicyclic) bond motifs is 1. The minimum Gasteiger partial charge on any atom is -0.382 e. The molecule has 1 atom stereocenters. The van der Waals surface area contributed by atoms with Crippen LogP contribution in [0.15, 0.2) is 53.7 Å². The normalized spacial score (nSPS) is 14.9. The van der Waals surface area contributed by atoms with E-state index in [9.17, 15) is 14.4 Å². The van der Waals surface area contributed by atoms with E-state index in [0.717, 1.165) is 5.56 Å². The minimum absolute atomic E-state index is 0.149. The second-order valence-corrected chi connectivity index (χ2v) is 8.71. The van der Waals surface area contributed by atoms with Gasteiger partial charge in [0.05, 0.1) is 11.7 Å². The number of nitrogen functional groups attached to an aromatic ring is 1. The van der Waals surface area contributed by atoms with Gasteiger partial charge in [-0.25, -0.2) is 19.7 Å². The first kappa shape index (κ1) is 23.7. The number of anilines is 2. The summed E-state index contributed by atoms with van der Waals surface area (Å²) in [6, 6.07) is 9.89. The third kappa shape index (κ3) is 4.40. The smallest absolute Gasteiger partial charge is 0.335 e. The average Bonchev–Trinajstić information content (AvgIpc) is 3.47. The fourth-order valence-electron chi connectivity index (χ4n) is 4.51. The number of pyridine rings is 1. The molecule has 4 aromatic rings. The van der Waals surface area contributed by atoms with Crippen LogP contribution in [-0.4, -0.2) is 53.9 Å².